The van der Waals surface area contributed by atoms with Crippen molar-refractivity contribution >= 4 is 29.1 Å². The Morgan fingerprint density at radius 2 is 2.00 bits per heavy atom. The van der Waals surface area contributed by atoms with Gasteiger partial charge in [-0.25, -0.2) is 9.78 Å². The molecule has 20 heavy (non-hydrogen) atoms. The van der Waals surface area contributed by atoms with E-state index in [4.69, 9.17) is 5.11 Å². The van der Waals surface area contributed by atoms with Crippen molar-refractivity contribution in [1.29, 1.82) is 0 Å². The standard InChI is InChI=1S/C12H17N3O4S/c1-12(2,3)15-8(16)4-5-13-9(17)10-14-7(6-20-10)11(18)19/h6H,4-5H2,1-3H3,(H,13,17)(H,15,16)(H,18,19). The smallest absolute Gasteiger partial charge is 0.355 e. The van der Waals surface area contributed by atoms with Crippen LogP contribution >= 0.6 is 11.3 Å². The highest BCUT2D eigenvalue weighted by Crippen LogP contribution is 2.09. The van der Waals surface area contributed by atoms with Crippen molar-refractivity contribution < 1.29 is 19.5 Å². The van der Waals surface area contributed by atoms with Crippen molar-refractivity contribution in [3.63, 3.8) is 0 Å². The highest BCUT2D eigenvalue weighted by Gasteiger charge is 2.16. The molecule has 0 saturated heterocycles. The lowest BCUT2D eigenvalue weighted by Crippen LogP contribution is -2.41. The second-order valence-corrected chi connectivity index (χ2v) is 6.01. The maximum absolute atomic E-state index is 11.7. The van der Waals surface area contributed by atoms with E-state index in [-0.39, 0.29) is 35.1 Å². The van der Waals surface area contributed by atoms with Gasteiger partial charge in [-0.1, -0.05) is 0 Å². The molecule has 0 fully saturated rings. The third kappa shape index (κ3) is 5.35. The van der Waals surface area contributed by atoms with Crippen molar-refractivity contribution in [2.45, 2.75) is 32.7 Å². The molecule has 2 amide bonds. The number of thiazole rings is 1. The van der Waals surface area contributed by atoms with Crippen LogP contribution in [0.3, 0.4) is 0 Å². The van der Waals surface area contributed by atoms with Crippen LogP contribution in [0.2, 0.25) is 0 Å². The Kier molecular flexibility index (Phi) is 5.20. The highest BCUT2D eigenvalue weighted by molar-refractivity contribution is 7.11. The third-order valence-corrected chi connectivity index (χ3v) is 2.91. The van der Waals surface area contributed by atoms with E-state index in [2.05, 4.69) is 15.6 Å². The van der Waals surface area contributed by atoms with Crippen LogP contribution in [0.15, 0.2) is 5.38 Å². The predicted molar refractivity (Wildman–Crippen MR) is 73.9 cm³/mol. The lowest BCUT2D eigenvalue weighted by atomic mass is 10.1. The molecule has 0 spiro atoms. The van der Waals surface area contributed by atoms with Gasteiger partial charge < -0.3 is 15.7 Å². The average molecular weight is 299 g/mol. The van der Waals surface area contributed by atoms with Crippen LogP contribution in [0.25, 0.3) is 0 Å². The van der Waals surface area contributed by atoms with E-state index in [1.165, 1.54) is 5.38 Å². The molecule has 0 aliphatic heterocycles. The normalized spacial score (nSPS) is 10.9. The summed E-state index contributed by atoms with van der Waals surface area (Å²) in [5.74, 6) is -1.82. The molecule has 1 rings (SSSR count). The van der Waals surface area contributed by atoms with Crippen molar-refractivity contribution in [3.8, 4) is 0 Å². The molecule has 1 aromatic heterocycles. The molecule has 1 heterocycles. The molecule has 1 aromatic rings. The Labute approximate surface area is 120 Å². The first-order chi connectivity index (χ1) is 9.19. The minimum Gasteiger partial charge on any atom is -0.476 e. The van der Waals surface area contributed by atoms with Gasteiger partial charge in [-0.05, 0) is 20.8 Å². The molecule has 0 radical (unpaired) electrons. The van der Waals surface area contributed by atoms with Gasteiger partial charge in [-0.3, -0.25) is 9.59 Å². The zero-order valence-corrected chi connectivity index (χ0v) is 12.3. The van der Waals surface area contributed by atoms with Crippen molar-refractivity contribution in [2.75, 3.05) is 6.54 Å². The summed E-state index contributed by atoms with van der Waals surface area (Å²) < 4.78 is 0. The summed E-state index contributed by atoms with van der Waals surface area (Å²) in [5, 5.41) is 15.4. The Morgan fingerprint density at radius 3 is 2.50 bits per heavy atom. The van der Waals surface area contributed by atoms with Crippen molar-refractivity contribution in [1.82, 2.24) is 15.6 Å². The number of amides is 2. The first-order valence-corrected chi connectivity index (χ1v) is 6.85. The van der Waals surface area contributed by atoms with E-state index < -0.39 is 11.9 Å². The number of carbonyl (C=O) groups excluding carboxylic acids is 2. The Bertz CT molecular complexity index is 519. The minimum absolute atomic E-state index is 0.0682. The number of aromatic carboxylic acids is 1. The summed E-state index contributed by atoms with van der Waals surface area (Å²) in [6.07, 6.45) is 0.153. The molecule has 0 aliphatic rings. The second-order valence-electron chi connectivity index (χ2n) is 5.15. The summed E-state index contributed by atoms with van der Waals surface area (Å²) >= 11 is 0.950. The van der Waals surface area contributed by atoms with E-state index in [0.717, 1.165) is 11.3 Å². The molecule has 3 N–H and O–H groups in total. The fraction of sp³-hybridized carbons (Fsp3) is 0.500. The van der Waals surface area contributed by atoms with Crippen LogP contribution in [-0.2, 0) is 4.79 Å². The Balaban J connectivity index is 2.40. The summed E-state index contributed by atoms with van der Waals surface area (Å²) in [5.41, 5.74) is -0.474. The zero-order valence-electron chi connectivity index (χ0n) is 11.5. The fourth-order valence-corrected chi connectivity index (χ4v) is 2.03. The van der Waals surface area contributed by atoms with Crippen molar-refractivity contribution in [2.24, 2.45) is 0 Å². The van der Waals surface area contributed by atoms with E-state index >= 15 is 0 Å². The Hall–Kier alpha value is -1.96. The van der Waals surface area contributed by atoms with Gasteiger partial charge in [0.1, 0.15) is 0 Å². The van der Waals surface area contributed by atoms with Gasteiger partial charge >= 0.3 is 5.97 Å². The van der Waals surface area contributed by atoms with Crippen LogP contribution in [0.1, 0.15) is 47.5 Å². The number of rotatable bonds is 5. The summed E-state index contributed by atoms with van der Waals surface area (Å²) in [6.45, 7) is 5.77. The van der Waals surface area contributed by atoms with Crippen LogP contribution in [-0.4, -0.2) is 40.0 Å². The first-order valence-electron chi connectivity index (χ1n) is 5.97. The largest absolute Gasteiger partial charge is 0.476 e. The summed E-state index contributed by atoms with van der Waals surface area (Å²) in [6, 6.07) is 0. The SMILES string of the molecule is CC(C)(C)NC(=O)CCNC(=O)c1nc(C(=O)O)cs1. The molecule has 0 aliphatic carbocycles. The monoisotopic (exact) mass is 299 g/mol. The van der Waals surface area contributed by atoms with Crippen LogP contribution < -0.4 is 10.6 Å². The number of nitrogens with one attached hydrogen (secondary N) is 2. The topological polar surface area (TPSA) is 108 Å². The molecule has 0 saturated carbocycles. The van der Waals surface area contributed by atoms with Crippen LogP contribution in [0.4, 0.5) is 0 Å². The Morgan fingerprint density at radius 1 is 1.35 bits per heavy atom. The summed E-state index contributed by atoms with van der Waals surface area (Å²) in [7, 11) is 0. The number of hydrogen-bond donors (Lipinski definition) is 3. The lowest BCUT2D eigenvalue weighted by molar-refractivity contribution is -0.122. The number of nitrogens with zero attached hydrogens (tertiary/aromatic N) is 1. The van der Waals surface area contributed by atoms with Gasteiger partial charge in [-0.15, -0.1) is 11.3 Å². The van der Waals surface area contributed by atoms with Crippen LogP contribution in [0.5, 0.6) is 0 Å². The highest BCUT2D eigenvalue weighted by atomic mass is 32.1. The molecule has 0 aromatic carbocycles. The number of hydrogen-bond acceptors (Lipinski definition) is 5. The fourth-order valence-electron chi connectivity index (χ4n) is 1.32. The number of aromatic nitrogens is 1. The molecule has 8 heteroatoms. The molecule has 110 valence electrons. The van der Waals surface area contributed by atoms with Gasteiger partial charge in [0.15, 0.2) is 10.7 Å². The predicted octanol–water partition coefficient (Wildman–Crippen LogP) is 0.876. The number of carboxylic acid groups (broad SMARTS) is 1. The molecule has 7 nitrogen and oxygen atoms in total. The molecular weight excluding hydrogens is 282 g/mol. The van der Waals surface area contributed by atoms with Crippen molar-refractivity contribution in [3.05, 3.63) is 16.1 Å². The zero-order chi connectivity index (χ0) is 15.3. The quantitative estimate of drug-likeness (QED) is 0.747. The van der Waals surface area contributed by atoms with Gasteiger partial charge in [0, 0.05) is 23.9 Å². The number of carbonyl (C=O) groups is 3. The maximum Gasteiger partial charge on any atom is 0.355 e. The van der Waals surface area contributed by atoms with Gasteiger partial charge in [0.05, 0.1) is 0 Å². The van der Waals surface area contributed by atoms with E-state index in [9.17, 15) is 14.4 Å². The molecule has 0 atom stereocenters. The second kappa shape index (κ2) is 6.47. The number of carboxylic acids is 1. The van der Waals surface area contributed by atoms with Crippen LogP contribution in [0, 0.1) is 0 Å². The third-order valence-electron chi connectivity index (χ3n) is 2.07. The summed E-state index contributed by atoms with van der Waals surface area (Å²) in [4.78, 5) is 37.5. The van der Waals surface area contributed by atoms with Gasteiger partial charge in [-0.2, -0.15) is 0 Å². The average Bonchev–Trinajstić information content (AvgIpc) is 2.75. The van der Waals surface area contributed by atoms with E-state index in [1.807, 2.05) is 20.8 Å². The molecule has 0 unspecified atom stereocenters. The molecule has 0 bridgehead atoms. The van der Waals surface area contributed by atoms with Gasteiger partial charge in [0.25, 0.3) is 5.91 Å². The lowest BCUT2D eigenvalue weighted by Gasteiger charge is -2.20. The minimum atomic E-state index is -1.18. The maximum atomic E-state index is 11.7. The van der Waals surface area contributed by atoms with Gasteiger partial charge in [0.2, 0.25) is 5.91 Å². The van der Waals surface area contributed by atoms with E-state index in [0.29, 0.717) is 0 Å². The first kappa shape index (κ1) is 16.1. The van der Waals surface area contributed by atoms with E-state index in [1.54, 1.807) is 0 Å². The molecular formula is C12H17N3O4S.